The molecule has 1 unspecified atom stereocenters. The molecule has 4 aliphatic rings. The van der Waals surface area contributed by atoms with E-state index in [0.717, 1.165) is 12.1 Å². The topological polar surface area (TPSA) is 184 Å². The molecule has 0 saturated carbocycles. The predicted molar refractivity (Wildman–Crippen MR) is 192 cm³/mol. The molecule has 1 aromatic rings. The molecule has 4 fully saturated rings. The van der Waals surface area contributed by atoms with Crippen molar-refractivity contribution in [2.75, 3.05) is 19.6 Å². The van der Waals surface area contributed by atoms with E-state index in [1.165, 1.54) is 28.5 Å². The van der Waals surface area contributed by atoms with Crippen LogP contribution in [0.15, 0.2) is 18.2 Å². The molecular weight excluding hydrogens is 722 g/mol. The van der Waals surface area contributed by atoms with Crippen molar-refractivity contribution in [1.82, 2.24) is 30.7 Å². The quantitative estimate of drug-likeness (QED) is 0.377. The van der Waals surface area contributed by atoms with Gasteiger partial charge in [0.1, 0.15) is 59.6 Å². The molecule has 4 saturated heterocycles. The fraction of sp³-hybridized carbons (Fsp3) is 0.658. The van der Waals surface area contributed by atoms with Crippen LogP contribution in [0.25, 0.3) is 0 Å². The van der Waals surface area contributed by atoms with E-state index in [4.69, 9.17) is 9.47 Å². The van der Waals surface area contributed by atoms with E-state index >= 15 is 0 Å². The summed E-state index contributed by atoms with van der Waals surface area (Å²) in [5, 5.41) is 7.78. The number of alkyl carbamates (subject to hydrolysis) is 1. The highest BCUT2D eigenvalue weighted by Crippen LogP contribution is 2.29. The minimum atomic E-state index is -1.62. The van der Waals surface area contributed by atoms with Crippen molar-refractivity contribution in [3.05, 3.63) is 35.4 Å². The van der Waals surface area contributed by atoms with Crippen LogP contribution in [-0.4, -0.2) is 124 Å². The number of rotatable bonds is 5. The maximum atomic E-state index is 14.6. The van der Waals surface area contributed by atoms with E-state index in [2.05, 4.69) is 16.0 Å². The van der Waals surface area contributed by atoms with Crippen molar-refractivity contribution in [2.24, 2.45) is 5.92 Å². The summed E-state index contributed by atoms with van der Waals surface area (Å²) in [6.45, 7) is 10.2. The molecule has 4 aliphatic heterocycles. The Hall–Kier alpha value is -4.83. The number of amides is 6. The number of esters is 1. The third-order valence-corrected chi connectivity index (χ3v) is 10.4. The van der Waals surface area contributed by atoms with Gasteiger partial charge < -0.3 is 40.1 Å². The summed E-state index contributed by atoms with van der Waals surface area (Å²) < 4.78 is 39.6. The second-order valence-electron chi connectivity index (χ2n) is 16.1. The van der Waals surface area contributed by atoms with Gasteiger partial charge in [0.05, 0.1) is 0 Å². The lowest BCUT2D eigenvalue weighted by molar-refractivity contribution is -0.163. The summed E-state index contributed by atoms with van der Waals surface area (Å²) in [6.07, 6.45) is -0.222. The minimum absolute atomic E-state index is 0.0113. The largest absolute Gasteiger partial charge is 0.458 e. The molecule has 302 valence electrons. The van der Waals surface area contributed by atoms with Crippen molar-refractivity contribution in [3.8, 4) is 0 Å². The Morgan fingerprint density at radius 3 is 2.18 bits per heavy atom. The average Bonchev–Trinajstić information content (AvgIpc) is 3.75. The summed E-state index contributed by atoms with van der Waals surface area (Å²) in [6, 6.07) is -4.49. The fourth-order valence-electron chi connectivity index (χ4n) is 7.85. The molecule has 17 heteroatoms. The molecule has 4 heterocycles. The van der Waals surface area contributed by atoms with Gasteiger partial charge in [-0.05, 0) is 96.8 Å². The number of fused-ring (bicyclic) bond motifs is 3. The molecular formula is C38H52F2N6O9. The van der Waals surface area contributed by atoms with Crippen LogP contribution in [0, 0.1) is 17.6 Å². The lowest BCUT2D eigenvalue weighted by Gasteiger charge is -2.39. The fourth-order valence-corrected chi connectivity index (χ4v) is 7.85. The first-order valence-electron chi connectivity index (χ1n) is 19.0. The highest BCUT2D eigenvalue weighted by Gasteiger charge is 2.47. The van der Waals surface area contributed by atoms with Crippen LogP contribution >= 0.6 is 0 Å². The Labute approximate surface area is 319 Å². The van der Waals surface area contributed by atoms with E-state index in [0.29, 0.717) is 31.7 Å². The lowest BCUT2D eigenvalue weighted by atomic mass is 9.99. The first-order chi connectivity index (χ1) is 25.8. The standard InChI is InChI=1S/C38H52F2N6O9/c1-20-14-29-36(52)54-22(3)30(43-31(47)26(42-37(53)55-38(4,5)6)17-23-15-24(39)18-25(40)16-23)35(51)45-13-9-11-28(45)34(50)44-12-8-7-10-27(44)32(48)41-21(2)33(49)46(29)19-20/h15-16,18,20-22,26-30H,7-14,17,19H2,1-6H3,(H,41,48)(H,42,53)(H,43,47)/t20-,21-,22-,26?,27-,28-,29-,30-/m0/s1. The van der Waals surface area contributed by atoms with Crippen molar-refractivity contribution in [1.29, 1.82) is 0 Å². The summed E-state index contributed by atoms with van der Waals surface area (Å²) in [4.78, 5) is 101. The molecule has 8 atom stereocenters. The third-order valence-electron chi connectivity index (χ3n) is 10.4. The highest BCUT2D eigenvalue weighted by molar-refractivity contribution is 5.98. The Morgan fingerprint density at radius 2 is 1.51 bits per heavy atom. The Kier molecular flexibility index (Phi) is 12.7. The van der Waals surface area contributed by atoms with Gasteiger partial charge in [0, 0.05) is 32.1 Å². The molecule has 1 aromatic carbocycles. The number of halogens is 2. The molecule has 3 N–H and O–H groups in total. The van der Waals surface area contributed by atoms with Crippen LogP contribution in [0.2, 0.25) is 0 Å². The van der Waals surface area contributed by atoms with Crippen LogP contribution in [0.5, 0.6) is 0 Å². The maximum Gasteiger partial charge on any atom is 0.408 e. The van der Waals surface area contributed by atoms with Gasteiger partial charge in [-0.15, -0.1) is 0 Å². The SMILES string of the molecule is C[C@H]1C[C@H]2C(=O)O[C@@H](C)[C@H](NC(=O)C(Cc3cc(F)cc(F)c3)NC(=O)OC(C)(C)C)C(=O)N3CCC[C@H]3C(=O)N3CCCC[C@H]3C(=O)N[C@@H](C)C(=O)N2C1. The number of carbonyl (C=O) groups excluding carboxylic acids is 7. The smallest absolute Gasteiger partial charge is 0.408 e. The normalized spacial score (nSPS) is 28.8. The van der Waals surface area contributed by atoms with E-state index < -0.39 is 108 Å². The van der Waals surface area contributed by atoms with Gasteiger partial charge in [0.25, 0.3) is 0 Å². The van der Waals surface area contributed by atoms with Crippen LogP contribution in [0.4, 0.5) is 13.6 Å². The number of ether oxygens (including phenoxy) is 2. The average molecular weight is 775 g/mol. The van der Waals surface area contributed by atoms with Crippen molar-refractivity contribution < 1.29 is 51.8 Å². The Balaban J connectivity index is 1.51. The van der Waals surface area contributed by atoms with Gasteiger partial charge >= 0.3 is 12.1 Å². The number of nitrogens with one attached hydrogen (secondary N) is 3. The molecule has 6 amide bonds. The summed E-state index contributed by atoms with van der Waals surface area (Å²) in [5.41, 5.74) is -0.967. The van der Waals surface area contributed by atoms with Gasteiger partial charge in [-0.1, -0.05) is 6.92 Å². The number of hydrogen-bond acceptors (Lipinski definition) is 9. The van der Waals surface area contributed by atoms with Crippen LogP contribution in [0.1, 0.15) is 85.6 Å². The summed E-state index contributed by atoms with van der Waals surface area (Å²) in [5.74, 6) is -5.99. The zero-order valence-electron chi connectivity index (χ0n) is 32.2. The van der Waals surface area contributed by atoms with Gasteiger partial charge in [-0.3, -0.25) is 24.0 Å². The highest BCUT2D eigenvalue weighted by atomic mass is 19.1. The van der Waals surface area contributed by atoms with Gasteiger partial charge in [-0.25, -0.2) is 18.4 Å². The zero-order valence-corrected chi connectivity index (χ0v) is 32.2. The molecule has 0 aliphatic carbocycles. The second-order valence-corrected chi connectivity index (χ2v) is 16.1. The Bertz CT molecular complexity index is 1670. The number of nitrogens with zero attached hydrogens (tertiary/aromatic N) is 3. The first kappa shape index (κ1) is 41.3. The predicted octanol–water partition coefficient (Wildman–Crippen LogP) is 1.94. The monoisotopic (exact) mass is 774 g/mol. The first-order valence-corrected chi connectivity index (χ1v) is 19.0. The summed E-state index contributed by atoms with van der Waals surface area (Å²) >= 11 is 0. The second kappa shape index (κ2) is 16.9. The molecule has 55 heavy (non-hydrogen) atoms. The number of carbonyl (C=O) groups is 7. The van der Waals surface area contributed by atoms with Gasteiger partial charge in [0.15, 0.2) is 0 Å². The zero-order chi connectivity index (χ0) is 40.4. The summed E-state index contributed by atoms with van der Waals surface area (Å²) in [7, 11) is 0. The molecule has 0 spiro atoms. The van der Waals surface area contributed by atoms with Crippen LogP contribution in [0.3, 0.4) is 0 Å². The minimum Gasteiger partial charge on any atom is -0.458 e. The molecule has 15 nitrogen and oxygen atoms in total. The van der Waals surface area contributed by atoms with E-state index in [1.807, 2.05) is 6.92 Å². The van der Waals surface area contributed by atoms with Gasteiger partial charge in [0.2, 0.25) is 29.5 Å². The van der Waals surface area contributed by atoms with E-state index in [9.17, 15) is 42.3 Å². The van der Waals surface area contributed by atoms with Crippen LogP contribution in [-0.2, 0) is 44.7 Å². The molecule has 0 radical (unpaired) electrons. The van der Waals surface area contributed by atoms with Crippen molar-refractivity contribution in [3.63, 3.8) is 0 Å². The maximum absolute atomic E-state index is 14.6. The number of piperidine rings is 1. The molecule has 0 bridgehead atoms. The van der Waals surface area contributed by atoms with Crippen molar-refractivity contribution in [2.45, 2.75) is 134 Å². The van der Waals surface area contributed by atoms with Gasteiger partial charge in [-0.2, -0.15) is 0 Å². The number of hydrogen-bond donors (Lipinski definition) is 3. The number of cyclic esters (lactones) is 1. The van der Waals surface area contributed by atoms with Crippen molar-refractivity contribution >= 4 is 41.6 Å². The Morgan fingerprint density at radius 1 is 0.873 bits per heavy atom. The molecule has 5 rings (SSSR count). The third kappa shape index (κ3) is 9.89. The van der Waals surface area contributed by atoms with Crippen LogP contribution < -0.4 is 16.0 Å². The molecule has 0 aromatic heterocycles. The van der Waals surface area contributed by atoms with E-state index in [1.54, 1.807) is 20.8 Å². The lowest BCUT2D eigenvalue weighted by Crippen LogP contribution is -2.63. The number of benzene rings is 1. The van der Waals surface area contributed by atoms with E-state index in [-0.39, 0.29) is 44.0 Å².